The molecule has 1 aliphatic carbocycles. The Morgan fingerprint density at radius 1 is 1.38 bits per heavy atom. The number of sulfone groups is 1. The van der Waals surface area contributed by atoms with E-state index in [9.17, 15) is 8.42 Å². The lowest BCUT2D eigenvalue weighted by molar-refractivity contribution is 0.477. The molecule has 0 aromatic heterocycles. The van der Waals surface area contributed by atoms with Crippen LogP contribution in [0, 0.1) is 0 Å². The van der Waals surface area contributed by atoms with Crippen molar-refractivity contribution >= 4 is 9.84 Å². The minimum absolute atomic E-state index is 0.0956. The van der Waals surface area contributed by atoms with Gasteiger partial charge in [0.1, 0.15) is 0 Å². The number of nitrogens with one attached hydrogen (secondary N) is 1. The first kappa shape index (κ1) is 13.7. The molecule has 0 radical (unpaired) electrons. The fourth-order valence-electron chi connectivity index (χ4n) is 2.23. The van der Waals surface area contributed by atoms with Gasteiger partial charge in [0.2, 0.25) is 0 Å². The Kier molecular flexibility index (Phi) is 5.49. The molecule has 0 amide bonds. The van der Waals surface area contributed by atoms with E-state index in [4.69, 9.17) is 0 Å². The van der Waals surface area contributed by atoms with E-state index in [1.54, 1.807) is 13.0 Å². The maximum atomic E-state index is 12.2. The second-order valence-electron chi connectivity index (χ2n) is 4.61. The fraction of sp³-hybridized carbons (Fsp3) is 0.833. The fourth-order valence-corrected chi connectivity index (χ4v) is 4.22. The molecule has 0 heterocycles. The van der Waals surface area contributed by atoms with Crippen LogP contribution in [0.3, 0.4) is 0 Å². The van der Waals surface area contributed by atoms with Gasteiger partial charge in [-0.15, -0.1) is 6.58 Å². The van der Waals surface area contributed by atoms with E-state index in [0.717, 1.165) is 25.7 Å². The van der Waals surface area contributed by atoms with Crippen molar-refractivity contribution in [3.8, 4) is 0 Å². The minimum atomic E-state index is -2.94. The van der Waals surface area contributed by atoms with Crippen molar-refractivity contribution in [1.29, 1.82) is 0 Å². The van der Waals surface area contributed by atoms with E-state index in [0.29, 0.717) is 13.1 Å². The van der Waals surface area contributed by atoms with Gasteiger partial charge >= 0.3 is 0 Å². The summed E-state index contributed by atoms with van der Waals surface area (Å²) in [6.45, 7) is 6.61. The molecule has 1 unspecified atom stereocenters. The summed E-state index contributed by atoms with van der Waals surface area (Å²) in [6.07, 6.45) is 6.78. The standard InChI is InChI=1S/C12H23NO2S/c1-3-9-13-10-11(2)16(14,15)12-7-5-4-6-8-12/h3,11-13H,1,4-10H2,2H3. The molecule has 1 fully saturated rings. The van der Waals surface area contributed by atoms with Crippen LogP contribution >= 0.6 is 0 Å². The normalized spacial score (nSPS) is 20.6. The molecular formula is C12H23NO2S. The molecule has 0 aliphatic heterocycles. The van der Waals surface area contributed by atoms with Gasteiger partial charge in [0, 0.05) is 13.1 Å². The van der Waals surface area contributed by atoms with E-state index < -0.39 is 9.84 Å². The molecule has 0 bridgehead atoms. The van der Waals surface area contributed by atoms with Gasteiger partial charge in [-0.3, -0.25) is 0 Å². The predicted octanol–water partition coefficient (Wildman–Crippen LogP) is 1.90. The van der Waals surface area contributed by atoms with Gasteiger partial charge in [0.05, 0.1) is 10.5 Å². The lowest BCUT2D eigenvalue weighted by atomic mass is 10.0. The Bertz CT molecular complexity index is 305. The van der Waals surface area contributed by atoms with E-state index in [2.05, 4.69) is 11.9 Å². The molecule has 4 heteroatoms. The highest BCUT2D eigenvalue weighted by Gasteiger charge is 2.31. The molecule has 0 saturated heterocycles. The summed E-state index contributed by atoms with van der Waals surface area (Å²) in [5.41, 5.74) is 0. The Hall–Kier alpha value is -0.350. The SMILES string of the molecule is C=CCNCC(C)S(=O)(=O)C1CCCCC1. The van der Waals surface area contributed by atoms with Gasteiger partial charge in [-0.05, 0) is 19.8 Å². The molecule has 0 aromatic carbocycles. The van der Waals surface area contributed by atoms with Crippen molar-refractivity contribution in [1.82, 2.24) is 5.32 Å². The predicted molar refractivity (Wildman–Crippen MR) is 68.3 cm³/mol. The summed E-state index contributed by atoms with van der Waals surface area (Å²) in [7, 11) is -2.94. The van der Waals surface area contributed by atoms with Gasteiger partial charge in [0.15, 0.2) is 9.84 Å². The van der Waals surface area contributed by atoms with Crippen molar-refractivity contribution in [3.63, 3.8) is 0 Å². The highest BCUT2D eigenvalue weighted by molar-refractivity contribution is 7.92. The quantitative estimate of drug-likeness (QED) is 0.574. The number of rotatable bonds is 6. The lowest BCUT2D eigenvalue weighted by Gasteiger charge is -2.25. The van der Waals surface area contributed by atoms with E-state index in [-0.39, 0.29) is 10.5 Å². The van der Waals surface area contributed by atoms with E-state index >= 15 is 0 Å². The summed E-state index contributed by atoms with van der Waals surface area (Å²) in [5.74, 6) is 0. The summed E-state index contributed by atoms with van der Waals surface area (Å²) < 4.78 is 24.4. The molecular weight excluding hydrogens is 222 g/mol. The number of hydrogen-bond donors (Lipinski definition) is 1. The molecule has 0 aromatic rings. The van der Waals surface area contributed by atoms with Crippen LogP contribution in [0.15, 0.2) is 12.7 Å². The summed E-state index contributed by atoms with van der Waals surface area (Å²) in [6, 6.07) is 0. The average Bonchev–Trinajstić information content (AvgIpc) is 2.30. The first-order valence-corrected chi connectivity index (χ1v) is 7.74. The Morgan fingerprint density at radius 2 is 2.00 bits per heavy atom. The van der Waals surface area contributed by atoms with Crippen LogP contribution in [0.4, 0.5) is 0 Å². The topological polar surface area (TPSA) is 46.2 Å². The number of hydrogen-bond acceptors (Lipinski definition) is 3. The first-order valence-electron chi connectivity index (χ1n) is 6.13. The van der Waals surface area contributed by atoms with Crippen molar-refractivity contribution in [2.24, 2.45) is 0 Å². The average molecular weight is 245 g/mol. The molecule has 94 valence electrons. The molecule has 1 N–H and O–H groups in total. The largest absolute Gasteiger partial charge is 0.312 e. The monoisotopic (exact) mass is 245 g/mol. The maximum Gasteiger partial charge on any atom is 0.156 e. The Balaban J connectivity index is 2.50. The van der Waals surface area contributed by atoms with Crippen LogP contribution in [0.2, 0.25) is 0 Å². The molecule has 1 aliphatic rings. The van der Waals surface area contributed by atoms with Crippen LogP contribution in [0.1, 0.15) is 39.0 Å². The zero-order valence-corrected chi connectivity index (χ0v) is 10.9. The van der Waals surface area contributed by atoms with Crippen molar-refractivity contribution < 1.29 is 8.42 Å². The van der Waals surface area contributed by atoms with Crippen molar-refractivity contribution in [3.05, 3.63) is 12.7 Å². The minimum Gasteiger partial charge on any atom is -0.312 e. The van der Waals surface area contributed by atoms with E-state index in [1.807, 2.05) is 0 Å². The summed E-state index contributed by atoms with van der Waals surface area (Å²) >= 11 is 0. The molecule has 16 heavy (non-hydrogen) atoms. The van der Waals surface area contributed by atoms with Crippen molar-refractivity contribution in [2.45, 2.75) is 49.5 Å². The zero-order chi connectivity index (χ0) is 12.0. The first-order chi connectivity index (χ1) is 7.59. The van der Waals surface area contributed by atoms with Gasteiger partial charge in [-0.2, -0.15) is 0 Å². The second kappa shape index (κ2) is 6.40. The smallest absolute Gasteiger partial charge is 0.156 e. The summed E-state index contributed by atoms with van der Waals surface area (Å²) in [5, 5.41) is 2.71. The zero-order valence-electron chi connectivity index (χ0n) is 10.1. The van der Waals surface area contributed by atoms with Gasteiger partial charge < -0.3 is 5.32 Å². The molecule has 1 saturated carbocycles. The second-order valence-corrected chi connectivity index (χ2v) is 7.26. The van der Waals surface area contributed by atoms with Crippen LogP contribution in [0.5, 0.6) is 0 Å². The third kappa shape index (κ3) is 3.59. The maximum absolute atomic E-state index is 12.2. The highest BCUT2D eigenvalue weighted by atomic mass is 32.2. The summed E-state index contributed by atoms with van der Waals surface area (Å²) in [4.78, 5) is 0. The molecule has 1 atom stereocenters. The van der Waals surface area contributed by atoms with Crippen LogP contribution in [-0.4, -0.2) is 32.0 Å². The third-order valence-corrected chi connectivity index (χ3v) is 5.99. The van der Waals surface area contributed by atoms with E-state index in [1.165, 1.54) is 6.42 Å². The molecule has 0 spiro atoms. The van der Waals surface area contributed by atoms with Crippen molar-refractivity contribution in [2.75, 3.05) is 13.1 Å². The molecule has 1 rings (SSSR count). The van der Waals surface area contributed by atoms with Crippen LogP contribution in [-0.2, 0) is 9.84 Å². The molecule has 3 nitrogen and oxygen atoms in total. The third-order valence-electron chi connectivity index (χ3n) is 3.30. The van der Waals surface area contributed by atoms with Gasteiger partial charge in [0.25, 0.3) is 0 Å². The van der Waals surface area contributed by atoms with Gasteiger partial charge in [-0.25, -0.2) is 8.42 Å². The van der Waals surface area contributed by atoms with Gasteiger partial charge in [-0.1, -0.05) is 25.3 Å². The highest BCUT2D eigenvalue weighted by Crippen LogP contribution is 2.26. The Morgan fingerprint density at radius 3 is 2.56 bits per heavy atom. The van der Waals surface area contributed by atoms with Crippen LogP contribution < -0.4 is 5.32 Å². The Labute approximate surface area is 99.2 Å². The lowest BCUT2D eigenvalue weighted by Crippen LogP contribution is -2.38. The van der Waals surface area contributed by atoms with Crippen LogP contribution in [0.25, 0.3) is 0 Å².